The molecule has 3 heteroatoms. The van der Waals surface area contributed by atoms with Crippen LogP contribution in [0.5, 0.6) is 0 Å². The summed E-state index contributed by atoms with van der Waals surface area (Å²) in [5.41, 5.74) is 1.43. The van der Waals surface area contributed by atoms with Gasteiger partial charge in [0.1, 0.15) is 11.6 Å². The van der Waals surface area contributed by atoms with Gasteiger partial charge in [-0.1, -0.05) is 44.7 Å². The molecule has 0 N–H and O–H groups in total. The van der Waals surface area contributed by atoms with Crippen LogP contribution in [0.2, 0.25) is 0 Å². The van der Waals surface area contributed by atoms with E-state index in [1.54, 1.807) is 19.1 Å². The molecule has 24 heavy (non-hydrogen) atoms. The van der Waals surface area contributed by atoms with Crippen LogP contribution >= 0.6 is 0 Å². The number of rotatable bonds is 8. The molecule has 0 spiro atoms. The van der Waals surface area contributed by atoms with E-state index in [4.69, 9.17) is 5.26 Å². The van der Waals surface area contributed by atoms with Crippen LogP contribution in [0.25, 0.3) is 0 Å². The third-order valence-corrected chi connectivity index (χ3v) is 5.48. The summed E-state index contributed by atoms with van der Waals surface area (Å²) in [6.07, 6.45) is 8.04. The molecule has 1 fully saturated rings. The average Bonchev–Trinajstić information content (AvgIpc) is 3.12. The van der Waals surface area contributed by atoms with Crippen molar-refractivity contribution in [3.05, 3.63) is 35.1 Å². The molecule has 2 nitrogen and oxygen atoms in total. The fourth-order valence-electron chi connectivity index (χ4n) is 3.87. The lowest BCUT2D eigenvalue weighted by molar-refractivity contribution is -0.120. The van der Waals surface area contributed by atoms with Crippen molar-refractivity contribution in [3.63, 3.8) is 0 Å². The van der Waals surface area contributed by atoms with Gasteiger partial charge in [0.05, 0.1) is 12.0 Å². The van der Waals surface area contributed by atoms with Gasteiger partial charge in [0.15, 0.2) is 0 Å². The molecule has 0 saturated heterocycles. The van der Waals surface area contributed by atoms with Crippen molar-refractivity contribution in [2.45, 2.75) is 71.1 Å². The Morgan fingerprint density at radius 3 is 2.67 bits per heavy atom. The number of nitriles is 1. The SMILES string of the molecule is CCC(=O)CC(CCc1ccc(C(C)C#N)c(F)c1)C1CCCC1. The highest BCUT2D eigenvalue weighted by molar-refractivity contribution is 5.78. The van der Waals surface area contributed by atoms with E-state index in [1.165, 1.54) is 25.7 Å². The predicted octanol–water partition coefficient (Wildman–Crippen LogP) is 5.56. The summed E-state index contributed by atoms with van der Waals surface area (Å²) in [4.78, 5) is 11.9. The van der Waals surface area contributed by atoms with Crippen molar-refractivity contribution in [2.75, 3.05) is 0 Å². The molecule has 0 bridgehead atoms. The molecule has 2 unspecified atom stereocenters. The van der Waals surface area contributed by atoms with Crippen LogP contribution in [0.1, 0.15) is 75.8 Å². The summed E-state index contributed by atoms with van der Waals surface area (Å²) in [6.45, 7) is 3.64. The predicted molar refractivity (Wildman–Crippen MR) is 94.1 cm³/mol. The molecule has 1 aromatic rings. The number of carbonyl (C=O) groups excluding carboxylic acids is 1. The molecule has 0 aromatic heterocycles. The van der Waals surface area contributed by atoms with Gasteiger partial charge in [-0.3, -0.25) is 4.79 Å². The molecule has 0 amide bonds. The lowest BCUT2D eigenvalue weighted by atomic mass is 9.82. The highest BCUT2D eigenvalue weighted by Crippen LogP contribution is 2.36. The highest BCUT2D eigenvalue weighted by Gasteiger charge is 2.26. The van der Waals surface area contributed by atoms with Gasteiger partial charge in [-0.15, -0.1) is 0 Å². The van der Waals surface area contributed by atoms with E-state index in [0.29, 0.717) is 36.0 Å². The molecule has 130 valence electrons. The Morgan fingerprint density at radius 1 is 1.38 bits per heavy atom. The first-order valence-corrected chi connectivity index (χ1v) is 9.24. The van der Waals surface area contributed by atoms with Crippen molar-refractivity contribution >= 4 is 5.78 Å². The lowest BCUT2D eigenvalue weighted by Gasteiger charge is -2.23. The highest BCUT2D eigenvalue weighted by atomic mass is 19.1. The largest absolute Gasteiger partial charge is 0.300 e. The van der Waals surface area contributed by atoms with Crippen LogP contribution in [-0.2, 0) is 11.2 Å². The third-order valence-electron chi connectivity index (χ3n) is 5.48. The second-order valence-electron chi connectivity index (χ2n) is 7.15. The van der Waals surface area contributed by atoms with Gasteiger partial charge in [0, 0.05) is 18.4 Å². The first-order valence-electron chi connectivity index (χ1n) is 9.24. The first-order chi connectivity index (χ1) is 11.5. The van der Waals surface area contributed by atoms with Gasteiger partial charge in [-0.05, 0) is 43.2 Å². The molecule has 1 saturated carbocycles. The molecular formula is C21H28FNO. The van der Waals surface area contributed by atoms with Crippen LogP contribution < -0.4 is 0 Å². The number of carbonyl (C=O) groups is 1. The average molecular weight is 329 g/mol. The van der Waals surface area contributed by atoms with Crippen LogP contribution in [0.4, 0.5) is 4.39 Å². The van der Waals surface area contributed by atoms with Gasteiger partial charge < -0.3 is 0 Å². The maximum absolute atomic E-state index is 14.2. The molecule has 1 aromatic carbocycles. The van der Waals surface area contributed by atoms with Crippen molar-refractivity contribution in [1.82, 2.24) is 0 Å². The van der Waals surface area contributed by atoms with Crippen molar-refractivity contribution < 1.29 is 9.18 Å². The second kappa shape index (κ2) is 8.97. The van der Waals surface area contributed by atoms with Crippen molar-refractivity contribution in [1.29, 1.82) is 5.26 Å². The number of hydrogen-bond donors (Lipinski definition) is 0. The number of hydrogen-bond acceptors (Lipinski definition) is 2. The van der Waals surface area contributed by atoms with Gasteiger partial charge in [0.25, 0.3) is 0 Å². The van der Waals surface area contributed by atoms with E-state index in [2.05, 4.69) is 6.07 Å². The number of benzene rings is 1. The number of halogens is 1. The van der Waals surface area contributed by atoms with Crippen LogP contribution in [-0.4, -0.2) is 5.78 Å². The third kappa shape index (κ3) is 4.90. The molecule has 0 aliphatic heterocycles. The van der Waals surface area contributed by atoms with Gasteiger partial charge in [0.2, 0.25) is 0 Å². The Balaban J connectivity index is 2.01. The van der Waals surface area contributed by atoms with Gasteiger partial charge in [-0.25, -0.2) is 4.39 Å². The van der Waals surface area contributed by atoms with Gasteiger partial charge >= 0.3 is 0 Å². The Kier molecular flexibility index (Phi) is 6.97. The summed E-state index contributed by atoms with van der Waals surface area (Å²) < 4.78 is 14.2. The zero-order chi connectivity index (χ0) is 17.5. The minimum Gasteiger partial charge on any atom is -0.300 e. The minimum absolute atomic E-state index is 0.288. The van der Waals surface area contributed by atoms with E-state index >= 15 is 0 Å². The smallest absolute Gasteiger partial charge is 0.132 e. The zero-order valence-electron chi connectivity index (χ0n) is 14.9. The Bertz CT molecular complexity index is 598. The van der Waals surface area contributed by atoms with Crippen molar-refractivity contribution in [2.24, 2.45) is 11.8 Å². The van der Waals surface area contributed by atoms with Crippen LogP contribution in [0.3, 0.4) is 0 Å². The fraction of sp³-hybridized carbons (Fsp3) is 0.619. The number of Topliss-reactive ketones (excluding diaryl/α,β-unsaturated/α-hetero) is 1. The minimum atomic E-state index is -0.424. The molecule has 1 aliphatic carbocycles. The summed E-state index contributed by atoms with van der Waals surface area (Å²) in [5, 5.41) is 8.94. The van der Waals surface area contributed by atoms with Crippen LogP contribution in [0, 0.1) is 29.0 Å². The number of ketones is 1. The summed E-state index contributed by atoms with van der Waals surface area (Å²) in [7, 11) is 0. The molecule has 2 rings (SSSR count). The Labute approximate surface area is 145 Å². The normalized spacial score (nSPS) is 17.4. The Morgan fingerprint density at radius 2 is 2.08 bits per heavy atom. The van der Waals surface area contributed by atoms with E-state index in [-0.39, 0.29) is 5.82 Å². The van der Waals surface area contributed by atoms with Crippen LogP contribution in [0.15, 0.2) is 18.2 Å². The standard InChI is InChI=1S/C21H28FNO/c1-3-19(24)13-18(17-6-4-5-7-17)10-8-16-9-11-20(15(2)14-23)21(22)12-16/h9,11-12,15,17-18H,3-8,10,13H2,1-2H3. The van der Waals surface area contributed by atoms with E-state index < -0.39 is 5.92 Å². The maximum atomic E-state index is 14.2. The van der Waals surface area contributed by atoms with E-state index in [0.717, 1.165) is 18.4 Å². The lowest BCUT2D eigenvalue weighted by Crippen LogP contribution is -2.17. The number of nitrogens with zero attached hydrogens (tertiary/aromatic N) is 1. The Hall–Kier alpha value is -1.69. The zero-order valence-corrected chi connectivity index (χ0v) is 14.9. The van der Waals surface area contributed by atoms with Crippen molar-refractivity contribution in [3.8, 4) is 6.07 Å². The molecule has 1 aliphatic rings. The summed E-state index contributed by atoms with van der Waals surface area (Å²) in [5.74, 6) is 0.719. The van der Waals surface area contributed by atoms with E-state index in [1.807, 2.05) is 13.0 Å². The quantitative estimate of drug-likeness (QED) is 0.626. The fourth-order valence-corrected chi connectivity index (χ4v) is 3.87. The molecular weight excluding hydrogens is 301 g/mol. The summed E-state index contributed by atoms with van der Waals surface area (Å²) >= 11 is 0. The number of aryl methyl sites for hydroxylation is 1. The topological polar surface area (TPSA) is 40.9 Å². The maximum Gasteiger partial charge on any atom is 0.132 e. The second-order valence-corrected chi connectivity index (χ2v) is 7.15. The summed E-state index contributed by atoms with van der Waals surface area (Å²) in [6, 6.07) is 7.31. The monoisotopic (exact) mass is 329 g/mol. The molecule has 0 radical (unpaired) electrons. The molecule has 2 atom stereocenters. The first kappa shape index (κ1) is 18.6. The van der Waals surface area contributed by atoms with Gasteiger partial charge in [-0.2, -0.15) is 5.26 Å². The molecule has 0 heterocycles. The van der Waals surface area contributed by atoms with E-state index in [9.17, 15) is 9.18 Å².